The van der Waals surface area contributed by atoms with Crippen molar-refractivity contribution in [2.75, 3.05) is 6.61 Å². The molecule has 4 N–H and O–H groups in total. The highest BCUT2D eigenvalue weighted by Gasteiger charge is 2.70. The van der Waals surface area contributed by atoms with Gasteiger partial charge in [-0.25, -0.2) is 9.59 Å². The number of hydrogen-bond donors (Lipinski definition) is 4. The van der Waals surface area contributed by atoms with E-state index in [-0.39, 0.29) is 35.3 Å². The third kappa shape index (κ3) is 10.9. The van der Waals surface area contributed by atoms with Crippen LogP contribution in [0.2, 0.25) is 0 Å². The molecule has 17 nitrogen and oxygen atoms in total. The summed E-state index contributed by atoms with van der Waals surface area (Å²) in [5.74, 6) is -7.27. The highest BCUT2D eigenvalue weighted by atomic mass is 16.6. The lowest BCUT2D eigenvalue weighted by Gasteiger charge is -2.61. The third-order valence-corrected chi connectivity index (χ3v) is 14.0. The number of carbonyl (C=O) groups is 7. The maximum atomic E-state index is 15.1. The standard InChI is InChI=1S/C53H63NO16/c1-9-37(66-31(4)44(59)30(3)55)25-41-52(28-65-41,70-33(6)57)38-26-39(58)46(67-32(5)56)42-29(2)40(27-53(64,51(42,7)8)47(38)69-49(62)36-23-17-12-18-24-36)68-50(63)45(60)43(34-19-13-10-14-20-34)54-48(61)35-21-15-11-16-22-35/h10-24,30-31,37-38,40-41,43,45-47,55,60,64H,9,25-28H2,1-8H3,(H,54,61)/t30?,31?,37-,38-,40+,41-,43+,45-,46+,47+,52-,53-/m1/s1. The van der Waals surface area contributed by atoms with Gasteiger partial charge < -0.3 is 49.1 Å². The molecule has 0 radical (unpaired) electrons. The fourth-order valence-corrected chi connectivity index (χ4v) is 10.1. The van der Waals surface area contributed by atoms with Crippen LogP contribution in [0, 0.1) is 11.3 Å². The molecular formula is C53H63NO16. The second kappa shape index (κ2) is 21.9. The zero-order valence-electron chi connectivity index (χ0n) is 40.6. The van der Waals surface area contributed by atoms with Crippen molar-refractivity contribution in [3.05, 3.63) is 119 Å². The smallest absolute Gasteiger partial charge is 0.338 e. The molecule has 12 atom stereocenters. The zero-order chi connectivity index (χ0) is 51.3. The first kappa shape index (κ1) is 53.2. The minimum atomic E-state index is -2.39. The summed E-state index contributed by atoms with van der Waals surface area (Å²) < 4.78 is 36.8. The van der Waals surface area contributed by atoms with Crippen LogP contribution in [0.3, 0.4) is 0 Å². The molecule has 3 aromatic rings. The van der Waals surface area contributed by atoms with Gasteiger partial charge in [0.15, 0.2) is 29.4 Å². The molecule has 1 aliphatic heterocycles. The van der Waals surface area contributed by atoms with E-state index in [2.05, 4.69) is 5.32 Å². The molecule has 1 amide bonds. The van der Waals surface area contributed by atoms with Crippen LogP contribution in [0.15, 0.2) is 102 Å². The lowest BCUT2D eigenvalue weighted by Crippen LogP contribution is -2.74. The van der Waals surface area contributed by atoms with Crippen molar-refractivity contribution in [3.63, 3.8) is 0 Å². The molecule has 2 aliphatic carbocycles. The summed E-state index contributed by atoms with van der Waals surface area (Å²) >= 11 is 0. The Bertz CT molecular complexity index is 2440. The van der Waals surface area contributed by atoms with Crippen LogP contribution in [0.1, 0.15) is 113 Å². The second-order valence-corrected chi connectivity index (χ2v) is 18.9. The predicted molar refractivity (Wildman–Crippen MR) is 250 cm³/mol. The van der Waals surface area contributed by atoms with Crippen molar-refractivity contribution in [2.45, 2.75) is 147 Å². The fraction of sp³-hybridized carbons (Fsp3) is 0.491. The molecule has 6 rings (SSSR count). The summed E-state index contributed by atoms with van der Waals surface area (Å²) in [6.07, 6.45) is -12.2. The lowest BCUT2D eigenvalue weighted by atomic mass is 9.52. The van der Waals surface area contributed by atoms with Gasteiger partial charge in [0.2, 0.25) is 0 Å². The first-order chi connectivity index (χ1) is 33.1. The van der Waals surface area contributed by atoms with Crippen molar-refractivity contribution in [3.8, 4) is 0 Å². The molecule has 3 aliphatic rings. The van der Waals surface area contributed by atoms with Crippen LogP contribution >= 0.6 is 0 Å². The summed E-state index contributed by atoms with van der Waals surface area (Å²) in [6, 6.07) is 22.9. The molecule has 2 unspecified atom stereocenters. The average molecular weight is 970 g/mol. The Morgan fingerprint density at radius 3 is 1.94 bits per heavy atom. The molecule has 2 bridgehead atoms. The van der Waals surface area contributed by atoms with Crippen molar-refractivity contribution in [1.82, 2.24) is 5.32 Å². The van der Waals surface area contributed by atoms with Crippen LogP contribution in [0.25, 0.3) is 0 Å². The van der Waals surface area contributed by atoms with Gasteiger partial charge in [-0.15, -0.1) is 0 Å². The minimum Gasteiger partial charge on any atom is -0.456 e. The van der Waals surface area contributed by atoms with Crippen LogP contribution in [-0.2, 0) is 52.4 Å². The van der Waals surface area contributed by atoms with E-state index in [0.29, 0.717) is 12.0 Å². The molecule has 1 saturated carbocycles. The first-order valence-corrected chi connectivity index (χ1v) is 23.4. The van der Waals surface area contributed by atoms with Crippen LogP contribution in [0.4, 0.5) is 0 Å². The topological polar surface area (TPSA) is 248 Å². The average Bonchev–Trinajstić information content (AvgIpc) is 3.32. The van der Waals surface area contributed by atoms with Gasteiger partial charge in [-0.3, -0.25) is 24.0 Å². The minimum absolute atomic E-state index is 0.0316. The Kier molecular flexibility index (Phi) is 16.7. The molecule has 0 spiro atoms. The number of Topliss-reactive ketones (excluding diaryl/α,β-unsaturated/α-hetero) is 2. The van der Waals surface area contributed by atoms with Crippen molar-refractivity contribution in [1.29, 1.82) is 0 Å². The number of aliphatic hydroxyl groups is 3. The van der Waals surface area contributed by atoms with Crippen molar-refractivity contribution in [2.24, 2.45) is 11.3 Å². The SMILES string of the molecule is CC[C@H](C[C@H]1OC[C@@]1(OC(C)=O)[C@@H]1CC(=O)[C@H](OC(C)=O)C2=C(C)[C@@H](OC(=O)[C@H](O)[C@@H](NC(=O)c3ccccc3)c3ccccc3)C[C@@](O)([C@H]1OC(=O)c1ccccc1)C2(C)C)OC(C)C(=O)C(C)O. The summed E-state index contributed by atoms with van der Waals surface area (Å²) in [5, 5.41) is 38.4. The number of benzene rings is 3. The van der Waals surface area contributed by atoms with E-state index in [9.17, 15) is 44.1 Å². The highest BCUT2D eigenvalue weighted by Crippen LogP contribution is 2.58. The molecule has 0 aromatic heterocycles. The van der Waals surface area contributed by atoms with Gasteiger partial charge in [0.05, 0.1) is 30.2 Å². The highest BCUT2D eigenvalue weighted by molar-refractivity contribution is 5.95. The number of nitrogens with one attached hydrogen (secondary N) is 1. The molecular weight excluding hydrogens is 907 g/mol. The number of ether oxygens (including phenoxy) is 6. The Balaban J connectivity index is 1.49. The van der Waals surface area contributed by atoms with Gasteiger partial charge in [0.1, 0.15) is 36.1 Å². The zero-order valence-corrected chi connectivity index (χ0v) is 40.6. The number of amides is 1. The number of ketones is 2. The van der Waals surface area contributed by atoms with Gasteiger partial charge in [-0.1, -0.05) is 87.5 Å². The van der Waals surface area contributed by atoms with E-state index in [4.69, 9.17) is 28.4 Å². The van der Waals surface area contributed by atoms with Gasteiger partial charge in [-0.2, -0.15) is 0 Å². The fourth-order valence-electron chi connectivity index (χ4n) is 10.1. The summed E-state index contributed by atoms with van der Waals surface area (Å²) in [7, 11) is 0. The molecule has 17 heteroatoms. The summed E-state index contributed by atoms with van der Waals surface area (Å²) in [5.41, 5.74) is -5.06. The Morgan fingerprint density at radius 2 is 1.41 bits per heavy atom. The van der Waals surface area contributed by atoms with E-state index in [1.54, 1.807) is 99.6 Å². The lowest BCUT2D eigenvalue weighted by molar-refractivity contribution is -0.306. The molecule has 376 valence electrons. The molecule has 1 saturated heterocycles. The maximum Gasteiger partial charge on any atom is 0.338 e. The Hall–Kier alpha value is -6.11. The summed E-state index contributed by atoms with van der Waals surface area (Å²) in [4.78, 5) is 96.5. The number of aliphatic hydroxyl groups excluding tert-OH is 2. The molecule has 2 fully saturated rings. The molecule has 1 heterocycles. The largest absolute Gasteiger partial charge is 0.456 e. The number of esters is 4. The summed E-state index contributed by atoms with van der Waals surface area (Å²) in [6.45, 7) is 11.1. The third-order valence-electron chi connectivity index (χ3n) is 14.0. The molecule has 3 aromatic carbocycles. The maximum absolute atomic E-state index is 15.1. The van der Waals surface area contributed by atoms with Crippen LogP contribution in [0.5, 0.6) is 0 Å². The molecule has 70 heavy (non-hydrogen) atoms. The quantitative estimate of drug-likeness (QED) is 0.0754. The van der Waals surface area contributed by atoms with E-state index >= 15 is 4.79 Å². The number of carbonyl (C=O) groups excluding carboxylic acids is 7. The van der Waals surface area contributed by atoms with Gasteiger partial charge in [-0.05, 0) is 68.2 Å². The number of hydrogen-bond acceptors (Lipinski definition) is 16. The van der Waals surface area contributed by atoms with Crippen LogP contribution < -0.4 is 5.32 Å². The first-order valence-electron chi connectivity index (χ1n) is 23.4. The number of fused-ring (bicyclic) bond motifs is 2. The monoisotopic (exact) mass is 969 g/mol. The Labute approximate surface area is 406 Å². The van der Waals surface area contributed by atoms with E-state index in [1.807, 2.05) is 0 Å². The van der Waals surface area contributed by atoms with E-state index < -0.39 is 132 Å². The van der Waals surface area contributed by atoms with Crippen molar-refractivity contribution < 1.29 is 77.3 Å². The van der Waals surface area contributed by atoms with E-state index in [1.165, 1.54) is 32.9 Å². The number of rotatable bonds is 18. The van der Waals surface area contributed by atoms with Crippen molar-refractivity contribution >= 4 is 41.4 Å². The van der Waals surface area contributed by atoms with E-state index in [0.717, 1.165) is 13.8 Å². The second-order valence-electron chi connectivity index (χ2n) is 18.9. The van der Waals surface area contributed by atoms with Gasteiger partial charge in [0.25, 0.3) is 5.91 Å². The van der Waals surface area contributed by atoms with Gasteiger partial charge >= 0.3 is 23.9 Å². The normalized spacial score (nSPS) is 27.1. The Morgan fingerprint density at radius 1 is 0.829 bits per heavy atom. The predicted octanol–water partition coefficient (Wildman–Crippen LogP) is 4.88. The van der Waals surface area contributed by atoms with Crippen LogP contribution in [-0.4, -0.2) is 123 Å². The van der Waals surface area contributed by atoms with Gasteiger partial charge in [0, 0.05) is 44.1 Å².